The molecule has 11 heteroatoms. The van der Waals surface area contributed by atoms with E-state index in [2.05, 4.69) is 69.5 Å². The molecule has 56 heavy (non-hydrogen) atoms. The molecule has 0 unspecified atom stereocenters. The first-order chi connectivity index (χ1) is 26.9. The van der Waals surface area contributed by atoms with Crippen LogP contribution in [0.2, 0.25) is 19.6 Å². The predicted octanol–water partition coefficient (Wildman–Crippen LogP) is 6.24. The van der Waals surface area contributed by atoms with Crippen molar-refractivity contribution in [3.63, 3.8) is 0 Å². The number of rotatable bonds is 16. The smallest absolute Gasteiger partial charge is 0.350 e. The molecule has 0 bridgehead atoms. The first-order valence-corrected chi connectivity index (χ1v) is 24.5. The fraction of sp³-hybridized carbons (Fsp3) is 0.333. The zero-order valence-electron chi connectivity index (χ0n) is 32.8. The number of Topliss-reactive ketones (excluding diaryl/α,β-unsaturated/α-hetero) is 1. The second-order valence-electron chi connectivity index (χ2n) is 15.4. The number of hydrogen-bond donors (Lipinski definition) is 0. The predicted molar refractivity (Wildman–Crippen MR) is 227 cm³/mol. The second kappa shape index (κ2) is 18.1. The largest absolute Gasteiger partial charge is 0.484 e. The van der Waals surface area contributed by atoms with Crippen LogP contribution in [-0.4, -0.2) is 92.8 Å². The van der Waals surface area contributed by atoms with Gasteiger partial charge in [-0.3, -0.25) is 9.59 Å². The van der Waals surface area contributed by atoms with Gasteiger partial charge in [0.05, 0.1) is 18.8 Å². The van der Waals surface area contributed by atoms with Gasteiger partial charge in [0, 0.05) is 49.4 Å². The van der Waals surface area contributed by atoms with Crippen molar-refractivity contribution in [1.82, 2.24) is 9.96 Å². The molecular weight excluding hydrogens is 740 g/mol. The minimum atomic E-state index is -2.65. The van der Waals surface area contributed by atoms with Crippen molar-refractivity contribution in [2.24, 2.45) is 5.92 Å². The highest BCUT2D eigenvalue weighted by molar-refractivity contribution is 7.95. The van der Waals surface area contributed by atoms with Crippen LogP contribution >= 0.6 is 6.89 Å². The number of carbonyl (C=O) groups excluding carboxylic acids is 3. The summed E-state index contributed by atoms with van der Waals surface area (Å²) in [5.41, 5.74) is -0.404. The summed E-state index contributed by atoms with van der Waals surface area (Å²) in [6.45, 7) is 12.4. The Labute approximate surface area is 332 Å². The maximum atomic E-state index is 14.5. The van der Waals surface area contributed by atoms with Crippen molar-refractivity contribution in [1.29, 1.82) is 0 Å². The fourth-order valence-corrected chi connectivity index (χ4v) is 12.8. The van der Waals surface area contributed by atoms with E-state index in [4.69, 9.17) is 18.7 Å². The van der Waals surface area contributed by atoms with E-state index in [9.17, 15) is 14.4 Å². The zero-order valence-corrected chi connectivity index (χ0v) is 34.7. The van der Waals surface area contributed by atoms with Crippen molar-refractivity contribution in [3.05, 3.63) is 133 Å². The van der Waals surface area contributed by atoms with Gasteiger partial charge in [0.15, 0.2) is 20.7 Å². The van der Waals surface area contributed by atoms with Gasteiger partial charge in [-0.2, -0.15) is 0 Å². The van der Waals surface area contributed by atoms with Crippen LogP contribution in [0.3, 0.4) is 0 Å². The van der Waals surface area contributed by atoms with Crippen LogP contribution in [0, 0.1) is 5.92 Å². The summed E-state index contributed by atoms with van der Waals surface area (Å²) in [6, 6.07) is 37.2. The van der Waals surface area contributed by atoms with Crippen molar-refractivity contribution in [3.8, 4) is 5.75 Å². The van der Waals surface area contributed by atoms with Crippen LogP contribution in [0.5, 0.6) is 5.75 Å². The molecule has 0 radical (unpaired) electrons. The van der Waals surface area contributed by atoms with Gasteiger partial charge in [0.1, 0.15) is 5.75 Å². The SMILES string of the molecule is C=CC[C@@]1(CC(=O)c2ccc(OCC(=O)N3CCOCC3)cc2)[C@@H]([C@@H](C)O[Si](C)(C)C)CN1OC(=O)C=P(c1ccccc1)(c1ccccc1)c1ccccc1. The van der Waals surface area contributed by atoms with E-state index in [0.717, 1.165) is 15.9 Å². The number of amides is 1. The number of carbonyl (C=O) groups is 3. The molecule has 0 spiro atoms. The van der Waals surface area contributed by atoms with E-state index in [1.54, 1.807) is 46.1 Å². The zero-order chi connectivity index (χ0) is 39.8. The van der Waals surface area contributed by atoms with Gasteiger partial charge in [0.25, 0.3) is 5.91 Å². The maximum Gasteiger partial charge on any atom is 0.350 e. The van der Waals surface area contributed by atoms with Gasteiger partial charge in [-0.05, 0) is 80.1 Å². The average molecular weight is 793 g/mol. The van der Waals surface area contributed by atoms with E-state index in [1.807, 2.05) is 54.6 Å². The lowest BCUT2D eigenvalue weighted by molar-refractivity contribution is -0.291. The number of ether oxygens (including phenoxy) is 2. The fourth-order valence-electron chi connectivity index (χ4n) is 7.87. The van der Waals surface area contributed by atoms with Crippen LogP contribution in [0.4, 0.5) is 0 Å². The van der Waals surface area contributed by atoms with Crippen LogP contribution in [-0.2, 0) is 23.6 Å². The molecule has 294 valence electrons. The third-order valence-corrected chi connectivity index (χ3v) is 15.5. The molecule has 2 aliphatic rings. The molecule has 4 aromatic carbocycles. The van der Waals surface area contributed by atoms with E-state index < -0.39 is 26.7 Å². The average Bonchev–Trinajstić information content (AvgIpc) is 3.21. The molecule has 0 aliphatic carbocycles. The van der Waals surface area contributed by atoms with Gasteiger partial charge >= 0.3 is 5.97 Å². The summed E-state index contributed by atoms with van der Waals surface area (Å²) >= 11 is 0. The van der Waals surface area contributed by atoms with E-state index in [1.165, 1.54) is 0 Å². The second-order valence-corrected chi connectivity index (χ2v) is 23.1. The van der Waals surface area contributed by atoms with E-state index >= 15 is 0 Å². The van der Waals surface area contributed by atoms with Crippen LogP contribution in [0.1, 0.15) is 30.1 Å². The van der Waals surface area contributed by atoms with Crippen molar-refractivity contribution in [2.45, 2.75) is 51.0 Å². The number of hydrogen-bond acceptors (Lipinski definition) is 8. The molecule has 2 fully saturated rings. The molecule has 6 rings (SSSR count). The Morgan fingerprint density at radius 2 is 1.39 bits per heavy atom. The normalized spacial score (nSPS) is 19.3. The highest BCUT2D eigenvalue weighted by atomic mass is 31.2. The summed E-state index contributed by atoms with van der Waals surface area (Å²) in [5.74, 6) is 1.45. The van der Waals surface area contributed by atoms with Crippen molar-refractivity contribution < 1.29 is 33.1 Å². The Balaban J connectivity index is 1.30. The number of benzene rings is 4. The molecule has 1 amide bonds. The van der Waals surface area contributed by atoms with E-state index in [-0.39, 0.29) is 36.7 Å². The van der Waals surface area contributed by atoms with Crippen LogP contribution < -0.4 is 20.7 Å². The Hall–Kier alpha value is -4.57. The topological polar surface area (TPSA) is 94.6 Å². The molecule has 9 nitrogen and oxygen atoms in total. The summed E-state index contributed by atoms with van der Waals surface area (Å²) in [7, 11) is -1.97. The molecule has 2 heterocycles. The van der Waals surface area contributed by atoms with Gasteiger partial charge in [-0.1, -0.05) is 97.1 Å². The molecular formula is C45H53N2O7PSi. The van der Waals surface area contributed by atoms with Crippen molar-refractivity contribution >= 4 is 54.6 Å². The first-order valence-electron chi connectivity index (χ1n) is 19.3. The lowest BCUT2D eigenvalue weighted by atomic mass is 9.67. The lowest BCUT2D eigenvalue weighted by Crippen LogP contribution is -2.71. The molecule has 3 atom stereocenters. The molecule has 0 saturated carbocycles. The molecule has 0 aromatic heterocycles. The third kappa shape index (κ3) is 9.34. The summed E-state index contributed by atoms with van der Waals surface area (Å²) < 4.78 is 17.7. The van der Waals surface area contributed by atoms with Gasteiger partial charge in [-0.15, -0.1) is 11.6 Å². The quantitative estimate of drug-likeness (QED) is 0.0571. The Bertz CT molecular complexity index is 1910. The Morgan fingerprint density at radius 3 is 1.89 bits per heavy atom. The number of ketones is 1. The lowest BCUT2D eigenvalue weighted by Gasteiger charge is -2.58. The maximum absolute atomic E-state index is 14.5. The molecule has 4 aromatic rings. The standard InChI is InChI=1S/C45H53N2O7PSi/c1-6-26-45(31-42(48)36-22-24-37(25-23-36)52-33-43(49)46-27-29-51-30-28-46)41(35(2)54-56(3,4)5)32-47(45)53-44(50)34-55(38-16-10-7-11-17-38,39-18-12-8-13-19-39)40-20-14-9-15-21-40/h6-25,34-35,41H,1,26-33H2,2-5H3/t35-,41-,45-/m1/s1. The van der Waals surface area contributed by atoms with Gasteiger partial charge in [-0.25, -0.2) is 4.79 Å². The number of morpholine rings is 1. The highest BCUT2D eigenvalue weighted by Gasteiger charge is 2.58. The Morgan fingerprint density at radius 1 is 0.857 bits per heavy atom. The summed E-state index contributed by atoms with van der Waals surface area (Å²) in [6.07, 6.45) is 2.07. The summed E-state index contributed by atoms with van der Waals surface area (Å²) in [4.78, 5) is 49.5. The van der Waals surface area contributed by atoms with E-state index in [0.29, 0.717) is 50.6 Å². The first kappa shape index (κ1) is 41.1. The Kier molecular flexibility index (Phi) is 13.3. The van der Waals surface area contributed by atoms with Crippen molar-refractivity contribution in [2.75, 3.05) is 39.5 Å². The minimum Gasteiger partial charge on any atom is -0.484 e. The number of hydroxylamine groups is 2. The minimum absolute atomic E-state index is 0.0719. The number of nitrogens with zero attached hydrogens (tertiary/aromatic N) is 2. The summed E-state index contributed by atoms with van der Waals surface area (Å²) in [5, 5.41) is 4.78. The monoisotopic (exact) mass is 792 g/mol. The molecule has 0 N–H and O–H groups in total. The van der Waals surface area contributed by atoms with Gasteiger partial charge in [0.2, 0.25) is 0 Å². The highest BCUT2D eigenvalue weighted by Crippen LogP contribution is 2.48. The van der Waals surface area contributed by atoms with Crippen LogP contribution in [0.25, 0.3) is 0 Å². The molecule has 2 saturated heterocycles. The molecule has 2 aliphatic heterocycles. The third-order valence-electron chi connectivity index (χ3n) is 10.5. The van der Waals surface area contributed by atoms with Gasteiger partial charge < -0.3 is 23.6 Å². The van der Waals surface area contributed by atoms with Crippen LogP contribution in [0.15, 0.2) is 128 Å².